The van der Waals surface area contributed by atoms with Gasteiger partial charge in [0.2, 0.25) is 5.91 Å². The molecule has 0 radical (unpaired) electrons. The molecule has 4 nitrogen and oxygen atoms in total. The van der Waals surface area contributed by atoms with Crippen LogP contribution in [0.3, 0.4) is 0 Å². The summed E-state index contributed by atoms with van der Waals surface area (Å²) in [6, 6.07) is 12.7. The van der Waals surface area contributed by atoms with Gasteiger partial charge in [0.05, 0.1) is 6.42 Å². The highest BCUT2D eigenvalue weighted by Crippen LogP contribution is 2.38. The fraction of sp³-hybridized carbons (Fsp3) is 0.286. The van der Waals surface area contributed by atoms with Crippen molar-refractivity contribution < 1.29 is 9.18 Å². The molecule has 0 bridgehead atoms. The molecule has 1 N–H and O–H groups in total. The Hall–Kier alpha value is -3.47. The number of aromatic nitrogens is 2. The van der Waals surface area contributed by atoms with E-state index in [9.17, 15) is 9.18 Å². The van der Waals surface area contributed by atoms with Crippen molar-refractivity contribution in [2.24, 2.45) is 0 Å². The normalized spacial score (nSPS) is 14.5. The average Bonchev–Trinajstić information content (AvgIpc) is 3.61. The summed E-state index contributed by atoms with van der Waals surface area (Å²) in [6.45, 7) is 8.59. The van der Waals surface area contributed by atoms with Crippen molar-refractivity contribution in [3.8, 4) is 5.69 Å². The number of hydrogen-bond donors (Lipinski definition) is 1. The Morgan fingerprint density at radius 1 is 1.24 bits per heavy atom. The lowest BCUT2D eigenvalue weighted by molar-refractivity contribution is -0.120. The van der Waals surface area contributed by atoms with Crippen LogP contribution in [0.25, 0.3) is 17.8 Å². The zero-order valence-electron chi connectivity index (χ0n) is 19.3. The fourth-order valence-corrected chi connectivity index (χ4v) is 4.06. The molecule has 0 spiro atoms. The van der Waals surface area contributed by atoms with Crippen LogP contribution in [0.15, 0.2) is 60.8 Å². The van der Waals surface area contributed by atoms with Crippen molar-refractivity contribution in [3.63, 3.8) is 0 Å². The van der Waals surface area contributed by atoms with E-state index < -0.39 is 0 Å². The predicted octanol–water partition coefficient (Wildman–Crippen LogP) is 3.95. The van der Waals surface area contributed by atoms with Gasteiger partial charge in [-0.25, -0.2) is 4.39 Å². The molecule has 2 heterocycles. The van der Waals surface area contributed by atoms with E-state index in [4.69, 9.17) is 0 Å². The van der Waals surface area contributed by atoms with Crippen LogP contribution in [0.1, 0.15) is 49.6 Å². The number of amides is 1. The topological polar surface area (TPSA) is 46.9 Å². The van der Waals surface area contributed by atoms with Crippen LogP contribution < -0.4 is 15.9 Å². The lowest BCUT2D eigenvalue weighted by atomic mass is 10.1. The number of nitrogens with zero attached hydrogens (tertiary/aromatic N) is 2. The minimum Gasteiger partial charge on any atom is -0.352 e. The third kappa shape index (κ3) is 5.48. The quantitative estimate of drug-likeness (QED) is 0.573. The van der Waals surface area contributed by atoms with Gasteiger partial charge >= 0.3 is 0 Å². The van der Waals surface area contributed by atoms with Gasteiger partial charge < -0.3 is 9.88 Å². The summed E-state index contributed by atoms with van der Waals surface area (Å²) in [5, 5.41) is 5.00. The molecule has 33 heavy (non-hydrogen) atoms. The summed E-state index contributed by atoms with van der Waals surface area (Å²) in [5.41, 5.74) is 4.90. The standard InChI is InChI=1S/C28H30FN3O/c1-4-24-16-22(27(5-2)32(24)25-11-9-23(29)10-12-25)14-19(3)17-31-28(33)15-20-6-13-26(30-18-20)21-7-8-21/h5-6,9-14,16,18,21H,3-4,7-8,15,17H2,1-2H3,(H,31,33)/b22-14-,27-5+. The van der Waals surface area contributed by atoms with Gasteiger partial charge in [-0.15, -0.1) is 0 Å². The second kappa shape index (κ2) is 9.99. The number of halogens is 1. The number of hydrogen-bond acceptors (Lipinski definition) is 2. The van der Waals surface area contributed by atoms with Crippen molar-refractivity contribution in [2.45, 2.75) is 45.4 Å². The molecule has 0 aliphatic heterocycles. The van der Waals surface area contributed by atoms with E-state index >= 15 is 0 Å². The van der Waals surface area contributed by atoms with Crippen LogP contribution in [0.2, 0.25) is 0 Å². The molecule has 1 aliphatic rings. The van der Waals surface area contributed by atoms with Gasteiger partial charge in [-0.3, -0.25) is 9.78 Å². The van der Waals surface area contributed by atoms with E-state index in [-0.39, 0.29) is 11.7 Å². The lowest BCUT2D eigenvalue weighted by Gasteiger charge is -2.08. The summed E-state index contributed by atoms with van der Waals surface area (Å²) in [5.74, 6) is 0.311. The lowest BCUT2D eigenvalue weighted by Crippen LogP contribution is -2.30. The Morgan fingerprint density at radius 3 is 2.61 bits per heavy atom. The number of rotatable bonds is 8. The summed E-state index contributed by atoms with van der Waals surface area (Å²) in [4.78, 5) is 16.9. The fourth-order valence-electron chi connectivity index (χ4n) is 4.06. The van der Waals surface area contributed by atoms with Gasteiger partial charge in [0.1, 0.15) is 5.82 Å². The second-order valence-electron chi connectivity index (χ2n) is 8.55. The van der Waals surface area contributed by atoms with E-state index in [1.165, 1.54) is 25.0 Å². The van der Waals surface area contributed by atoms with Crippen LogP contribution in [0, 0.1) is 5.82 Å². The molecule has 1 aromatic carbocycles. The molecule has 2 aromatic heterocycles. The highest BCUT2D eigenvalue weighted by molar-refractivity contribution is 5.79. The number of nitrogens with one attached hydrogen (secondary N) is 1. The number of aryl methyl sites for hydroxylation is 1. The van der Waals surface area contributed by atoms with Gasteiger partial charge in [-0.1, -0.05) is 25.6 Å². The molecule has 1 saturated carbocycles. The largest absolute Gasteiger partial charge is 0.352 e. The molecule has 1 fully saturated rings. The van der Waals surface area contributed by atoms with E-state index in [1.54, 1.807) is 12.1 Å². The molecule has 0 unspecified atom stereocenters. The number of benzene rings is 1. The van der Waals surface area contributed by atoms with Gasteiger partial charge in [0, 0.05) is 46.3 Å². The average molecular weight is 444 g/mol. The smallest absolute Gasteiger partial charge is 0.224 e. The van der Waals surface area contributed by atoms with Gasteiger partial charge in [-0.05, 0) is 79.8 Å². The maximum absolute atomic E-state index is 13.4. The van der Waals surface area contributed by atoms with Crippen molar-refractivity contribution >= 4 is 18.1 Å². The molecule has 170 valence electrons. The first kappa shape index (κ1) is 22.7. The zero-order valence-corrected chi connectivity index (χ0v) is 19.3. The van der Waals surface area contributed by atoms with Crippen LogP contribution in [0.5, 0.6) is 0 Å². The Labute approximate surface area is 194 Å². The van der Waals surface area contributed by atoms with Gasteiger partial charge in [0.15, 0.2) is 0 Å². The van der Waals surface area contributed by atoms with Crippen LogP contribution in [0.4, 0.5) is 4.39 Å². The minimum atomic E-state index is -0.253. The van der Waals surface area contributed by atoms with Gasteiger partial charge in [-0.2, -0.15) is 0 Å². The van der Waals surface area contributed by atoms with E-state index in [0.29, 0.717) is 18.9 Å². The summed E-state index contributed by atoms with van der Waals surface area (Å²) in [7, 11) is 0. The molecule has 0 saturated heterocycles. The molecule has 0 atom stereocenters. The van der Waals surface area contributed by atoms with Crippen LogP contribution in [-0.2, 0) is 17.6 Å². The van der Waals surface area contributed by atoms with Gasteiger partial charge in [0.25, 0.3) is 0 Å². The van der Waals surface area contributed by atoms with Crippen LogP contribution in [-0.4, -0.2) is 22.0 Å². The number of pyridine rings is 1. The van der Waals surface area contributed by atoms with Crippen LogP contribution >= 0.6 is 0 Å². The van der Waals surface area contributed by atoms with E-state index in [1.807, 2.05) is 37.4 Å². The Bertz CT molecular complexity index is 1270. The first-order chi connectivity index (χ1) is 16.0. The molecular formula is C28H30FN3O. The molecule has 3 aromatic rings. The molecular weight excluding hydrogens is 413 g/mol. The number of carbonyl (C=O) groups is 1. The maximum atomic E-state index is 13.4. The number of carbonyl (C=O) groups excluding carboxylic acids is 1. The SMILES string of the molecule is C=C(/C=c1/cc(CC)n(-c2ccc(F)cc2)/c1=C/C)CNC(=O)Cc1ccc(C2CC2)nc1. The molecule has 5 heteroatoms. The Morgan fingerprint density at radius 2 is 2.00 bits per heavy atom. The van der Waals surface area contributed by atoms with Crippen molar-refractivity contribution in [1.29, 1.82) is 0 Å². The zero-order chi connectivity index (χ0) is 23.4. The summed E-state index contributed by atoms with van der Waals surface area (Å²) < 4.78 is 15.5. The van der Waals surface area contributed by atoms with E-state index in [0.717, 1.165) is 45.2 Å². The first-order valence-electron chi connectivity index (χ1n) is 11.5. The second-order valence-corrected chi connectivity index (χ2v) is 8.55. The first-order valence-corrected chi connectivity index (χ1v) is 11.5. The van der Waals surface area contributed by atoms with Crippen molar-refractivity contribution in [1.82, 2.24) is 14.9 Å². The minimum absolute atomic E-state index is 0.0501. The summed E-state index contributed by atoms with van der Waals surface area (Å²) >= 11 is 0. The predicted molar refractivity (Wildman–Crippen MR) is 131 cm³/mol. The van der Waals surface area contributed by atoms with Crippen molar-refractivity contribution in [2.75, 3.05) is 6.54 Å². The monoisotopic (exact) mass is 443 g/mol. The highest BCUT2D eigenvalue weighted by Gasteiger charge is 2.24. The highest BCUT2D eigenvalue weighted by atomic mass is 19.1. The summed E-state index contributed by atoms with van der Waals surface area (Å²) in [6.07, 6.45) is 9.43. The van der Waals surface area contributed by atoms with Crippen molar-refractivity contribution in [3.05, 3.63) is 94.1 Å². The Balaban J connectivity index is 1.45. The third-order valence-corrected chi connectivity index (χ3v) is 5.95. The third-order valence-electron chi connectivity index (χ3n) is 5.95. The maximum Gasteiger partial charge on any atom is 0.224 e. The molecule has 1 aliphatic carbocycles. The van der Waals surface area contributed by atoms with E-state index in [2.05, 4.69) is 34.4 Å². The molecule has 1 amide bonds. The molecule has 4 rings (SSSR count). The Kier molecular flexibility index (Phi) is 6.87.